The largest absolute Gasteiger partial charge is 0.490 e. The van der Waals surface area contributed by atoms with Crippen LogP contribution in [0.3, 0.4) is 0 Å². The van der Waals surface area contributed by atoms with Crippen molar-refractivity contribution < 1.29 is 14.3 Å². The molecule has 0 aliphatic rings. The summed E-state index contributed by atoms with van der Waals surface area (Å²) >= 11 is 0. The Hall–Kier alpha value is -1.51. The van der Waals surface area contributed by atoms with E-state index in [-0.39, 0.29) is 11.4 Å². The topological polar surface area (TPSA) is 35.5 Å². The van der Waals surface area contributed by atoms with Gasteiger partial charge in [0.15, 0.2) is 0 Å². The molecule has 0 aliphatic heterocycles. The molecular formula is C25H42O3. The van der Waals surface area contributed by atoms with Gasteiger partial charge < -0.3 is 9.47 Å². The molecule has 1 aromatic carbocycles. The number of rotatable bonds is 15. The van der Waals surface area contributed by atoms with Crippen LogP contribution in [0.1, 0.15) is 97.5 Å². The van der Waals surface area contributed by atoms with Gasteiger partial charge >= 0.3 is 5.97 Å². The summed E-state index contributed by atoms with van der Waals surface area (Å²) in [6, 6.07) is 8.20. The molecule has 0 fully saturated rings. The average Bonchev–Trinajstić information content (AvgIpc) is 2.64. The van der Waals surface area contributed by atoms with Crippen LogP contribution in [0.2, 0.25) is 0 Å². The van der Waals surface area contributed by atoms with Gasteiger partial charge in [-0.05, 0) is 36.0 Å². The van der Waals surface area contributed by atoms with Gasteiger partial charge in [0.05, 0.1) is 0 Å². The first-order chi connectivity index (χ1) is 13.4. The van der Waals surface area contributed by atoms with Crippen molar-refractivity contribution in [2.75, 3.05) is 13.2 Å². The van der Waals surface area contributed by atoms with Crippen LogP contribution in [0.25, 0.3) is 0 Å². The Kier molecular flexibility index (Phi) is 12.7. The first-order valence-corrected chi connectivity index (χ1v) is 11.3. The van der Waals surface area contributed by atoms with E-state index in [1.54, 1.807) is 0 Å². The highest BCUT2D eigenvalue weighted by Gasteiger charge is 2.11. The van der Waals surface area contributed by atoms with E-state index in [2.05, 4.69) is 39.8 Å². The van der Waals surface area contributed by atoms with Gasteiger partial charge in [-0.15, -0.1) is 0 Å². The zero-order chi connectivity index (χ0) is 20.7. The van der Waals surface area contributed by atoms with Gasteiger partial charge in [-0.1, -0.05) is 91.2 Å². The van der Waals surface area contributed by atoms with E-state index >= 15 is 0 Å². The van der Waals surface area contributed by atoms with E-state index in [1.807, 2.05) is 12.1 Å². The van der Waals surface area contributed by atoms with E-state index in [9.17, 15) is 4.79 Å². The first kappa shape index (κ1) is 24.5. The summed E-state index contributed by atoms with van der Waals surface area (Å²) in [6.45, 7) is 9.68. The van der Waals surface area contributed by atoms with Crippen molar-refractivity contribution in [2.45, 2.75) is 98.3 Å². The van der Waals surface area contributed by atoms with Crippen LogP contribution in [0.5, 0.6) is 5.75 Å². The Balaban J connectivity index is 2.00. The summed E-state index contributed by atoms with van der Waals surface area (Å²) in [5.41, 5.74) is 1.60. The van der Waals surface area contributed by atoms with Crippen molar-refractivity contribution in [3.8, 4) is 5.75 Å². The number of carbonyl (C=O) groups is 1. The summed E-state index contributed by atoms with van der Waals surface area (Å²) in [6.07, 6.45) is 12.9. The lowest BCUT2D eigenvalue weighted by atomic mass is 9.88. The monoisotopic (exact) mass is 390 g/mol. The van der Waals surface area contributed by atoms with Crippen LogP contribution in [0, 0.1) is 5.41 Å². The quantitative estimate of drug-likeness (QED) is 0.236. The highest BCUT2D eigenvalue weighted by Crippen LogP contribution is 2.22. The van der Waals surface area contributed by atoms with Gasteiger partial charge in [0.25, 0.3) is 0 Å². The van der Waals surface area contributed by atoms with Crippen LogP contribution in [0.15, 0.2) is 24.3 Å². The van der Waals surface area contributed by atoms with Crippen LogP contribution >= 0.6 is 0 Å². The van der Waals surface area contributed by atoms with E-state index in [0.717, 1.165) is 25.0 Å². The molecule has 0 spiro atoms. The summed E-state index contributed by atoms with van der Waals surface area (Å²) in [5, 5.41) is 0. The van der Waals surface area contributed by atoms with Crippen molar-refractivity contribution in [3.05, 3.63) is 29.8 Å². The number of benzene rings is 1. The highest BCUT2D eigenvalue weighted by molar-refractivity contribution is 5.69. The van der Waals surface area contributed by atoms with Crippen LogP contribution in [-0.4, -0.2) is 19.2 Å². The maximum atomic E-state index is 11.8. The molecule has 0 amide bonds. The smallest absolute Gasteiger partial charge is 0.305 e. The van der Waals surface area contributed by atoms with Gasteiger partial charge in [-0.25, -0.2) is 0 Å². The minimum atomic E-state index is -0.105. The third-order valence-electron chi connectivity index (χ3n) is 4.76. The summed E-state index contributed by atoms with van der Waals surface area (Å²) < 4.78 is 10.9. The molecule has 1 aromatic rings. The van der Waals surface area contributed by atoms with Crippen LogP contribution in [0.4, 0.5) is 0 Å². The lowest BCUT2D eigenvalue weighted by Crippen LogP contribution is -2.12. The molecule has 0 aliphatic carbocycles. The van der Waals surface area contributed by atoms with E-state index < -0.39 is 0 Å². The Bertz CT molecular complexity index is 514. The Morgan fingerprint density at radius 1 is 0.821 bits per heavy atom. The standard InChI is InChI=1S/C25H42O3/c1-5-6-7-8-9-10-11-12-13-14-24(26)28-20-19-27-23-17-15-22(16-18-23)21-25(2,3)4/h15-18H,5-14,19-21H2,1-4H3. The molecule has 0 unspecified atom stereocenters. The minimum Gasteiger partial charge on any atom is -0.490 e. The fourth-order valence-corrected chi connectivity index (χ4v) is 3.28. The molecule has 0 radical (unpaired) electrons. The molecular weight excluding hydrogens is 348 g/mol. The van der Waals surface area contributed by atoms with Crippen molar-refractivity contribution in [1.29, 1.82) is 0 Å². The molecule has 28 heavy (non-hydrogen) atoms. The van der Waals surface area contributed by atoms with Gasteiger partial charge in [-0.2, -0.15) is 0 Å². The van der Waals surface area contributed by atoms with E-state index in [4.69, 9.17) is 9.47 Å². The number of ether oxygens (including phenoxy) is 2. The molecule has 3 heteroatoms. The van der Waals surface area contributed by atoms with Crippen molar-refractivity contribution >= 4 is 5.97 Å². The maximum absolute atomic E-state index is 11.8. The third kappa shape index (κ3) is 13.6. The van der Waals surface area contributed by atoms with Gasteiger partial charge in [-0.3, -0.25) is 4.79 Å². The molecule has 0 atom stereocenters. The number of esters is 1. The molecule has 0 bridgehead atoms. The first-order valence-electron chi connectivity index (χ1n) is 11.3. The second-order valence-corrected chi connectivity index (χ2v) is 9.03. The molecule has 0 saturated heterocycles. The van der Waals surface area contributed by atoms with Crippen LogP contribution in [-0.2, 0) is 16.0 Å². The van der Waals surface area contributed by atoms with Crippen molar-refractivity contribution in [1.82, 2.24) is 0 Å². The SMILES string of the molecule is CCCCCCCCCCCC(=O)OCCOc1ccc(CC(C)(C)C)cc1. The average molecular weight is 391 g/mol. The van der Waals surface area contributed by atoms with Gasteiger partial charge in [0.1, 0.15) is 19.0 Å². The Morgan fingerprint density at radius 2 is 1.39 bits per heavy atom. The third-order valence-corrected chi connectivity index (χ3v) is 4.76. The fourth-order valence-electron chi connectivity index (χ4n) is 3.28. The summed E-state index contributed by atoms with van der Waals surface area (Å²) in [4.78, 5) is 11.8. The number of carbonyl (C=O) groups excluding carboxylic acids is 1. The highest BCUT2D eigenvalue weighted by atomic mass is 16.6. The summed E-state index contributed by atoms with van der Waals surface area (Å²) in [5.74, 6) is 0.722. The summed E-state index contributed by atoms with van der Waals surface area (Å²) in [7, 11) is 0. The normalized spacial score (nSPS) is 11.4. The number of hydrogen-bond donors (Lipinski definition) is 0. The molecule has 0 heterocycles. The second-order valence-electron chi connectivity index (χ2n) is 9.03. The Labute approximate surface area is 173 Å². The van der Waals surface area contributed by atoms with E-state index in [1.165, 1.54) is 50.5 Å². The zero-order valence-corrected chi connectivity index (χ0v) is 18.7. The zero-order valence-electron chi connectivity index (χ0n) is 18.7. The van der Waals surface area contributed by atoms with Crippen molar-refractivity contribution in [3.63, 3.8) is 0 Å². The molecule has 0 saturated carbocycles. The second kappa shape index (κ2) is 14.5. The molecule has 0 N–H and O–H groups in total. The number of hydrogen-bond acceptors (Lipinski definition) is 3. The van der Waals surface area contributed by atoms with Gasteiger partial charge in [0.2, 0.25) is 0 Å². The predicted molar refractivity (Wildman–Crippen MR) is 118 cm³/mol. The van der Waals surface area contributed by atoms with Gasteiger partial charge in [0, 0.05) is 6.42 Å². The number of unbranched alkanes of at least 4 members (excludes halogenated alkanes) is 8. The lowest BCUT2D eigenvalue weighted by Gasteiger charge is -2.18. The van der Waals surface area contributed by atoms with Crippen molar-refractivity contribution in [2.24, 2.45) is 5.41 Å². The molecule has 0 aromatic heterocycles. The van der Waals surface area contributed by atoms with E-state index in [0.29, 0.717) is 19.6 Å². The molecule has 3 nitrogen and oxygen atoms in total. The molecule has 160 valence electrons. The predicted octanol–water partition coefficient (Wildman–Crippen LogP) is 7.12. The minimum absolute atomic E-state index is 0.105. The Morgan fingerprint density at radius 3 is 1.96 bits per heavy atom. The molecule has 1 rings (SSSR count). The van der Waals surface area contributed by atoms with Crippen LogP contribution < -0.4 is 4.74 Å². The fraction of sp³-hybridized carbons (Fsp3) is 0.720. The lowest BCUT2D eigenvalue weighted by molar-refractivity contribution is -0.144. The maximum Gasteiger partial charge on any atom is 0.305 e.